The fourth-order valence-electron chi connectivity index (χ4n) is 1.26. The molecule has 96 valence electrons. The molecule has 0 amide bonds. The van der Waals surface area contributed by atoms with Crippen LogP contribution in [0.3, 0.4) is 0 Å². The average Bonchev–Trinajstić information content (AvgIpc) is 2.25. The van der Waals surface area contributed by atoms with Crippen molar-refractivity contribution in [1.29, 1.82) is 0 Å². The minimum absolute atomic E-state index is 0.0121. The Morgan fingerprint density at radius 2 is 2.18 bits per heavy atom. The summed E-state index contributed by atoms with van der Waals surface area (Å²) in [4.78, 5) is 7.16. The van der Waals surface area contributed by atoms with Crippen LogP contribution >= 0.6 is 11.6 Å². The number of hydrogen-bond acceptors (Lipinski definition) is 3. The first-order valence-electron chi connectivity index (χ1n) is 5.16. The van der Waals surface area contributed by atoms with Gasteiger partial charge in [-0.25, -0.2) is 9.97 Å². The van der Waals surface area contributed by atoms with Crippen molar-refractivity contribution in [3.8, 4) is 0 Å². The standard InChI is InChI=1S/C10H13ClF3N3/c1-7(3-2-5-11)16-9-15-6-4-8(17-9)10(12,13)14/h4,6-7H,2-3,5H2,1H3,(H,15,16,17). The van der Waals surface area contributed by atoms with Crippen molar-refractivity contribution in [3.63, 3.8) is 0 Å². The Bertz CT molecular complexity index is 357. The van der Waals surface area contributed by atoms with E-state index in [4.69, 9.17) is 11.6 Å². The lowest BCUT2D eigenvalue weighted by Gasteiger charge is -2.13. The minimum Gasteiger partial charge on any atom is -0.352 e. The van der Waals surface area contributed by atoms with Gasteiger partial charge in [-0.1, -0.05) is 0 Å². The molecule has 1 aromatic rings. The molecule has 1 unspecified atom stereocenters. The Kier molecular flexibility index (Phi) is 4.99. The van der Waals surface area contributed by atoms with Crippen molar-refractivity contribution in [2.75, 3.05) is 11.2 Å². The maximum Gasteiger partial charge on any atom is 0.433 e. The van der Waals surface area contributed by atoms with Crippen LogP contribution in [0.15, 0.2) is 12.3 Å². The molecule has 1 atom stereocenters. The first-order valence-corrected chi connectivity index (χ1v) is 5.69. The highest BCUT2D eigenvalue weighted by Gasteiger charge is 2.32. The van der Waals surface area contributed by atoms with Gasteiger partial charge in [0.1, 0.15) is 5.69 Å². The largest absolute Gasteiger partial charge is 0.433 e. The molecule has 0 aliphatic heterocycles. The molecule has 1 rings (SSSR count). The molecule has 1 N–H and O–H groups in total. The van der Waals surface area contributed by atoms with Crippen molar-refractivity contribution in [1.82, 2.24) is 9.97 Å². The van der Waals surface area contributed by atoms with Crippen LogP contribution in [0.25, 0.3) is 0 Å². The summed E-state index contributed by atoms with van der Waals surface area (Å²) in [5, 5.41) is 2.81. The van der Waals surface area contributed by atoms with Gasteiger partial charge in [0, 0.05) is 18.1 Å². The van der Waals surface area contributed by atoms with Gasteiger partial charge in [-0.3, -0.25) is 0 Å². The molecule has 3 nitrogen and oxygen atoms in total. The molecule has 0 aliphatic carbocycles. The number of halogens is 4. The van der Waals surface area contributed by atoms with E-state index in [9.17, 15) is 13.2 Å². The van der Waals surface area contributed by atoms with Gasteiger partial charge in [0.2, 0.25) is 5.95 Å². The van der Waals surface area contributed by atoms with E-state index in [-0.39, 0.29) is 12.0 Å². The first-order chi connectivity index (χ1) is 7.93. The third-order valence-corrected chi connectivity index (χ3v) is 2.36. The number of nitrogens with zero attached hydrogens (tertiary/aromatic N) is 2. The lowest BCUT2D eigenvalue weighted by molar-refractivity contribution is -0.141. The quantitative estimate of drug-likeness (QED) is 0.832. The Morgan fingerprint density at radius 3 is 2.76 bits per heavy atom. The third kappa shape index (κ3) is 4.77. The highest BCUT2D eigenvalue weighted by Crippen LogP contribution is 2.27. The fourth-order valence-corrected chi connectivity index (χ4v) is 1.42. The fraction of sp³-hybridized carbons (Fsp3) is 0.600. The van der Waals surface area contributed by atoms with Crippen LogP contribution in [-0.2, 0) is 6.18 Å². The zero-order valence-corrected chi connectivity index (χ0v) is 10.0. The Labute approximate surface area is 102 Å². The van der Waals surface area contributed by atoms with E-state index >= 15 is 0 Å². The zero-order valence-electron chi connectivity index (χ0n) is 9.26. The number of alkyl halides is 4. The predicted octanol–water partition coefficient (Wildman–Crippen LogP) is 3.31. The summed E-state index contributed by atoms with van der Waals surface area (Å²) < 4.78 is 37.1. The summed E-state index contributed by atoms with van der Waals surface area (Å²) in [6.45, 7) is 1.84. The highest BCUT2D eigenvalue weighted by atomic mass is 35.5. The Morgan fingerprint density at radius 1 is 1.47 bits per heavy atom. The number of aromatic nitrogens is 2. The summed E-state index contributed by atoms with van der Waals surface area (Å²) in [5.41, 5.74) is -0.945. The summed E-state index contributed by atoms with van der Waals surface area (Å²) in [5.74, 6) is 0.511. The number of rotatable bonds is 5. The van der Waals surface area contributed by atoms with E-state index in [1.165, 1.54) is 0 Å². The topological polar surface area (TPSA) is 37.8 Å². The van der Waals surface area contributed by atoms with Crippen molar-refractivity contribution >= 4 is 17.5 Å². The molecule has 0 aromatic carbocycles. The van der Waals surface area contributed by atoms with Gasteiger partial charge in [0.15, 0.2) is 0 Å². The van der Waals surface area contributed by atoms with E-state index in [0.717, 1.165) is 25.1 Å². The van der Waals surface area contributed by atoms with Crippen LogP contribution in [0.5, 0.6) is 0 Å². The molecule has 1 aromatic heterocycles. The molecule has 0 spiro atoms. The number of nitrogens with one attached hydrogen (secondary N) is 1. The van der Waals surface area contributed by atoms with E-state index in [0.29, 0.717) is 5.88 Å². The third-order valence-electron chi connectivity index (χ3n) is 2.09. The van der Waals surface area contributed by atoms with Crippen molar-refractivity contribution in [2.24, 2.45) is 0 Å². The molecular formula is C10H13ClF3N3. The normalized spacial score (nSPS) is 13.5. The molecule has 0 aliphatic rings. The van der Waals surface area contributed by atoms with Crippen molar-refractivity contribution < 1.29 is 13.2 Å². The summed E-state index contributed by atoms with van der Waals surface area (Å²) in [7, 11) is 0. The second-order valence-electron chi connectivity index (χ2n) is 3.64. The summed E-state index contributed by atoms with van der Waals surface area (Å²) in [6, 6.07) is 0.825. The predicted molar refractivity (Wildman–Crippen MR) is 60.1 cm³/mol. The zero-order chi connectivity index (χ0) is 12.9. The van der Waals surface area contributed by atoms with Crippen LogP contribution in [0, 0.1) is 0 Å². The molecule has 0 radical (unpaired) electrons. The molecule has 0 saturated heterocycles. The van der Waals surface area contributed by atoms with Crippen LogP contribution in [-0.4, -0.2) is 21.9 Å². The van der Waals surface area contributed by atoms with E-state index in [2.05, 4.69) is 15.3 Å². The van der Waals surface area contributed by atoms with Gasteiger partial charge in [-0.05, 0) is 25.8 Å². The van der Waals surface area contributed by atoms with Crippen LogP contribution in [0.1, 0.15) is 25.5 Å². The Hall–Kier alpha value is -1.04. The summed E-state index contributed by atoms with van der Waals surface area (Å²) >= 11 is 5.53. The van der Waals surface area contributed by atoms with E-state index in [1.54, 1.807) is 0 Å². The Balaban J connectivity index is 2.66. The molecule has 0 saturated carbocycles. The molecule has 1 heterocycles. The maximum absolute atomic E-state index is 12.4. The average molecular weight is 268 g/mol. The molecule has 17 heavy (non-hydrogen) atoms. The molecule has 7 heteroatoms. The summed E-state index contributed by atoms with van der Waals surface area (Å²) in [6.07, 6.45) is -1.82. The van der Waals surface area contributed by atoms with E-state index < -0.39 is 11.9 Å². The minimum atomic E-state index is -4.45. The SMILES string of the molecule is CC(CCCCl)Nc1nccc(C(F)(F)F)n1. The smallest absolute Gasteiger partial charge is 0.352 e. The molecule has 0 fully saturated rings. The van der Waals surface area contributed by atoms with Gasteiger partial charge in [0.05, 0.1) is 0 Å². The monoisotopic (exact) mass is 267 g/mol. The molecular weight excluding hydrogens is 255 g/mol. The van der Waals surface area contributed by atoms with Crippen LogP contribution in [0.4, 0.5) is 19.1 Å². The second kappa shape index (κ2) is 6.05. The van der Waals surface area contributed by atoms with Crippen molar-refractivity contribution in [2.45, 2.75) is 32.0 Å². The van der Waals surface area contributed by atoms with Crippen LogP contribution < -0.4 is 5.32 Å². The van der Waals surface area contributed by atoms with Gasteiger partial charge < -0.3 is 5.32 Å². The van der Waals surface area contributed by atoms with Gasteiger partial charge in [-0.2, -0.15) is 13.2 Å². The highest BCUT2D eigenvalue weighted by molar-refractivity contribution is 6.17. The number of anilines is 1. The number of hydrogen-bond donors (Lipinski definition) is 1. The van der Waals surface area contributed by atoms with E-state index in [1.807, 2.05) is 6.92 Å². The lowest BCUT2D eigenvalue weighted by Crippen LogP contribution is -2.18. The van der Waals surface area contributed by atoms with Gasteiger partial charge >= 0.3 is 6.18 Å². The first kappa shape index (κ1) is 14.0. The van der Waals surface area contributed by atoms with Gasteiger partial charge in [0.25, 0.3) is 0 Å². The lowest BCUT2D eigenvalue weighted by atomic mass is 10.2. The van der Waals surface area contributed by atoms with Crippen molar-refractivity contribution in [3.05, 3.63) is 18.0 Å². The second-order valence-corrected chi connectivity index (χ2v) is 4.02. The van der Waals surface area contributed by atoms with Gasteiger partial charge in [-0.15, -0.1) is 11.6 Å². The van der Waals surface area contributed by atoms with Crippen LogP contribution in [0.2, 0.25) is 0 Å². The molecule has 0 bridgehead atoms. The maximum atomic E-state index is 12.4.